The van der Waals surface area contributed by atoms with Crippen LogP contribution >= 0.6 is 15.9 Å². The first-order chi connectivity index (χ1) is 10.6. The molecule has 8 heteroatoms. The Labute approximate surface area is 135 Å². The lowest BCUT2D eigenvalue weighted by atomic mass is 10.2. The predicted octanol–water partition coefficient (Wildman–Crippen LogP) is 2.18. The summed E-state index contributed by atoms with van der Waals surface area (Å²) < 4.78 is 6.32. The molecule has 1 aliphatic rings. The highest BCUT2D eigenvalue weighted by Gasteiger charge is 2.26. The minimum Gasteiger partial charge on any atom is -0.465 e. The van der Waals surface area contributed by atoms with Gasteiger partial charge in [-0.05, 0) is 18.2 Å². The van der Waals surface area contributed by atoms with E-state index in [0.29, 0.717) is 32.3 Å². The number of nitrogens with zero attached hydrogens (tertiary/aromatic N) is 3. The second-order valence-electron chi connectivity index (χ2n) is 4.98. The number of hydrogen-bond acceptors (Lipinski definition) is 5. The number of hydrogen-bond donors (Lipinski definition) is 2. The van der Waals surface area contributed by atoms with E-state index in [9.17, 15) is 9.90 Å². The fourth-order valence-electron chi connectivity index (χ4n) is 2.37. The molecule has 0 bridgehead atoms. The first kappa shape index (κ1) is 15.0. The zero-order chi connectivity index (χ0) is 15.5. The van der Waals surface area contributed by atoms with Gasteiger partial charge in [0.25, 0.3) is 0 Å². The lowest BCUT2D eigenvalue weighted by Gasteiger charge is -2.33. The number of halogens is 1. The molecule has 116 valence electrons. The van der Waals surface area contributed by atoms with E-state index < -0.39 is 6.09 Å². The van der Waals surface area contributed by atoms with Gasteiger partial charge in [-0.15, -0.1) is 0 Å². The van der Waals surface area contributed by atoms with Crippen molar-refractivity contribution in [2.45, 2.75) is 6.04 Å². The highest BCUT2D eigenvalue weighted by molar-refractivity contribution is 9.10. The van der Waals surface area contributed by atoms with Crippen molar-refractivity contribution in [3.63, 3.8) is 0 Å². The minimum absolute atomic E-state index is 0.240. The van der Waals surface area contributed by atoms with Gasteiger partial charge in [0.15, 0.2) is 0 Å². The Kier molecular flexibility index (Phi) is 4.39. The molecule has 1 aromatic heterocycles. The Balaban J connectivity index is 1.70. The number of aromatic nitrogens is 2. The summed E-state index contributed by atoms with van der Waals surface area (Å²) in [7, 11) is 0. The molecule has 2 N–H and O–H groups in total. The molecule has 1 saturated heterocycles. The first-order valence-electron chi connectivity index (χ1n) is 6.87. The number of benzene rings is 1. The summed E-state index contributed by atoms with van der Waals surface area (Å²) in [6, 6.07) is 5.52. The van der Waals surface area contributed by atoms with Crippen LogP contribution in [0.25, 0.3) is 10.9 Å². The summed E-state index contributed by atoms with van der Waals surface area (Å²) in [5, 5.41) is 13.2. The van der Waals surface area contributed by atoms with Gasteiger partial charge in [-0.3, -0.25) is 4.90 Å². The molecule has 1 amide bonds. The average Bonchev–Trinajstić information content (AvgIpc) is 2.53. The Bertz CT molecular complexity index is 697. The first-order valence-corrected chi connectivity index (χ1v) is 7.66. The molecule has 2 heterocycles. The summed E-state index contributed by atoms with van der Waals surface area (Å²) >= 11 is 3.41. The summed E-state index contributed by atoms with van der Waals surface area (Å²) in [6.07, 6.45) is 0.807. The van der Waals surface area contributed by atoms with Gasteiger partial charge >= 0.3 is 6.09 Å². The number of ether oxygens (including phenoxy) is 1. The maximum atomic E-state index is 11.2. The topological polar surface area (TPSA) is 87.6 Å². The Morgan fingerprint density at radius 3 is 3.23 bits per heavy atom. The number of nitrogens with one attached hydrogen (secondary N) is 1. The molecule has 1 aliphatic heterocycles. The number of carbonyl (C=O) groups is 1. The highest BCUT2D eigenvalue weighted by Crippen LogP contribution is 2.18. The van der Waals surface area contributed by atoms with Crippen LogP contribution in [0.1, 0.15) is 0 Å². The average molecular weight is 367 g/mol. The van der Waals surface area contributed by atoms with Crippen molar-refractivity contribution in [2.24, 2.45) is 0 Å². The van der Waals surface area contributed by atoms with Crippen molar-refractivity contribution < 1.29 is 14.6 Å². The van der Waals surface area contributed by atoms with Gasteiger partial charge in [0.2, 0.25) is 5.95 Å². The van der Waals surface area contributed by atoms with Gasteiger partial charge in [-0.1, -0.05) is 15.9 Å². The molecule has 1 atom stereocenters. The summed E-state index contributed by atoms with van der Waals surface area (Å²) in [5.41, 5.74) is 0.829. The Hall–Kier alpha value is -1.93. The van der Waals surface area contributed by atoms with Gasteiger partial charge in [-0.25, -0.2) is 14.8 Å². The zero-order valence-electron chi connectivity index (χ0n) is 11.7. The third-order valence-electron chi connectivity index (χ3n) is 3.51. The van der Waals surface area contributed by atoms with Gasteiger partial charge in [-0.2, -0.15) is 0 Å². The van der Waals surface area contributed by atoms with Crippen LogP contribution < -0.4 is 5.32 Å². The summed E-state index contributed by atoms with van der Waals surface area (Å²) in [4.78, 5) is 21.2. The van der Waals surface area contributed by atoms with Crippen LogP contribution in [-0.4, -0.2) is 58.4 Å². The normalized spacial score (nSPS) is 18.4. The van der Waals surface area contributed by atoms with E-state index in [4.69, 9.17) is 4.74 Å². The summed E-state index contributed by atoms with van der Waals surface area (Å²) in [6.45, 7) is 1.60. The van der Waals surface area contributed by atoms with Crippen LogP contribution in [0.4, 0.5) is 10.7 Å². The molecule has 0 radical (unpaired) electrons. The number of morpholine rings is 1. The molecular weight excluding hydrogens is 352 g/mol. The van der Waals surface area contributed by atoms with Crippen molar-refractivity contribution in [3.8, 4) is 0 Å². The monoisotopic (exact) mass is 366 g/mol. The molecule has 0 saturated carbocycles. The SMILES string of the molecule is O=C(O)N1CCOCC1CNc1ncc2cc(Br)ccc2n1. The van der Waals surface area contributed by atoms with Gasteiger partial charge in [0.1, 0.15) is 0 Å². The Morgan fingerprint density at radius 1 is 1.55 bits per heavy atom. The molecule has 3 rings (SSSR count). The van der Waals surface area contributed by atoms with E-state index in [2.05, 4.69) is 31.2 Å². The van der Waals surface area contributed by atoms with E-state index >= 15 is 0 Å². The third-order valence-corrected chi connectivity index (χ3v) is 4.00. The maximum absolute atomic E-state index is 11.2. The van der Waals surface area contributed by atoms with Gasteiger partial charge < -0.3 is 15.2 Å². The van der Waals surface area contributed by atoms with Crippen LogP contribution in [0.3, 0.4) is 0 Å². The van der Waals surface area contributed by atoms with E-state index in [1.807, 2.05) is 18.2 Å². The van der Waals surface area contributed by atoms with Crippen molar-refractivity contribution in [3.05, 3.63) is 28.9 Å². The fraction of sp³-hybridized carbons (Fsp3) is 0.357. The molecule has 22 heavy (non-hydrogen) atoms. The largest absolute Gasteiger partial charge is 0.465 e. The van der Waals surface area contributed by atoms with E-state index in [-0.39, 0.29) is 6.04 Å². The number of anilines is 1. The van der Waals surface area contributed by atoms with E-state index in [1.165, 1.54) is 4.90 Å². The standard InChI is InChI=1S/C14H15BrN4O3/c15-10-1-2-12-9(5-10)6-16-13(18-12)17-7-11-8-22-4-3-19(11)14(20)21/h1-2,5-6,11H,3-4,7-8H2,(H,20,21)(H,16,17,18). The molecule has 1 unspecified atom stereocenters. The number of carboxylic acid groups (broad SMARTS) is 1. The highest BCUT2D eigenvalue weighted by atomic mass is 79.9. The molecule has 1 aromatic carbocycles. The number of amides is 1. The molecule has 0 aliphatic carbocycles. The Morgan fingerprint density at radius 2 is 2.41 bits per heavy atom. The lowest BCUT2D eigenvalue weighted by Crippen LogP contribution is -2.51. The van der Waals surface area contributed by atoms with Crippen molar-refractivity contribution >= 4 is 38.9 Å². The molecule has 1 fully saturated rings. The number of fused-ring (bicyclic) bond motifs is 1. The van der Waals surface area contributed by atoms with Gasteiger partial charge in [0, 0.05) is 29.1 Å². The van der Waals surface area contributed by atoms with Crippen LogP contribution in [0.15, 0.2) is 28.9 Å². The van der Waals surface area contributed by atoms with Crippen molar-refractivity contribution in [2.75, 3.05) is 31.6 Å². The second kappa shape index (κ2) is 6.45. The van der Waals surface area contributed by atoms with Gasteiger partial charge in [0.05, 0.1) is 24.8 Å². The zero-order valence-corrected chi connectivity index (χ0v) is 13.3. The minimum atomic E-state index is -0.931. The molecule has 7 nitrogen and oxygen atoms in total. The van der Waals surface area contributed by atoms with Crippen molar-refractivity contribution in [1.82, 2.24) is 14.9 Å². The lowest BCUT2D eigenvalue weighted by molar-refractivity contribution is 0.00441. The van der Waals surface area contributed by atoms with Crippen LogP contribution in [0.2, 0.25) is 0 Å². The maximum Gasteiger partial charge on any atom is 0.407 e. The fourth-order valence-corrected chi connectivity index (χ4v) is 2.75. The van der Waals surface area contributed by atoms with Crippen LogP contribution in [0, 0.1) is 0 Å². The molecular formula is C14H15BrN4O3. The van der Waals surface area contributed by atoms with Crippen LogP contribution in [-0.2, 0) is 4.74 Å². The third kappa shape index (κ3) is 3.28. The van der Waals surface area contributed by atoms with Crippen LogP contribution in [0.5, 0.6) is 0 Å². The molecule has 2 aromatic rings. The second-order valence-corrected chi connectivity index (χ2v) is 5.90. The predicted molar refractivity (Wildman–Crippen MR) is 85.1 cm³/mol. The quantitative estimate of drug-likeness (QED) is 0.865. The van der Waals surface area contributed by atoms with Crippen molar-refractivity contribution in [1.29, 1.82) is 0 Å². The molecule has 0 spiro atoms. The smallest absolute Gasteiger partial charge is 0.407 e. The van der Waals surface area contributed by atoms with E-state index in [1.54, 1.807) is 6.20 Å². The summed E-state index contributed by atoms with van der Waals surface area (Å²) in [5.74, 6) is 0.478. The van der Waals surface area contributed by atoms with E-state index in [0.717, 1.165) is 15.4 Å². The number of rotatable bonds is 3.